The Bertz CT molecular complexity index is 895. The Morgan fingerprint density at radius 1 is 0.757 bits per heavy atom. The molecule has 2 aromatic carbocycles. The molecule has 4 heteroatoms. The summed E-state index contributed by atoms with van der Waals surface area (Å²) in [5.74, 6) is 3.49. The predicted octanol–water partition coefficient (Wildman–Crippen LogP) is 9.19. The van der Waals surface area contributed by atoms with Crippen LogP contribution in [0.15, 0.2) is 61.2 Å². The summed E-state index contributed by atoms with van der Waals surface area (Å²) in [7, 11) is 0. The van der Waals surface area contributed by atoms with Crippen LogP contribution in [0.3, 0.4) is 0 Å². The van der Waals surface area contributed by atoms with Crippen LogP contribution >= 0.6 is 0 Å². The van der Waals surface area contributed by atoms with Gasteiger partial charge in [0.15, 0.2) is 0 Å². The minimum absolute atomic E-state index is 0.391. The van der Waals surface area contributed by atoms with Crippen molar-refractivity contribution in [1.29, 1.82) is 0 Å². The molecule has 1 saturated carbocycles. The Balaban J connectivity index is 1.28. The van der Waals surface area contributed by atoms with E-state index in [1.54, 1.807) is 36.4 Å². The molecule has 0 unspecified atom stereocenters. The van der Waals surface area contributed by atoms with E-state index in [2.05, 4.69) is 13.5 Å². The number of benzene rings is 2. The first-order chi connectivity index (χ1) is 18.2. The summed E-state index contributed by atoms with van der Waals surface area (Å²) in [5, 5.41) is 0. The number of rotatable bonds is 17. The maximum absolute atomic E-state index is 12.4. The van der Waals surface area contributed by atoms with E-state index in [4.69, 9.17) is 14.2 Å². The maximum Gasteiger partial charge on any atom is 0.343 e. The lowest BCUT2D eigenvalue weighted by Crippen LogP contribution is -2.15. The monoisotopic (exact) mass is 506 g/mol. The Hall–Kier alpha value is -2.75. The highest BCUT2D eigenvalue weighted by molar-refractivity contribution is 5.91. The Morgan fingerprint density at radius 3 is 1.92 bits per heavy atom. The average molecular weight is 507 g/mol. The zero-order chi connectivity index (χ0) is 26.1. The van der Waals surface area contributed by atoms with Crippen LogP contribution in [0.25, 0.3) is 0 Å². The van der Waals surface area contributed by atoms with E-state index in [9.17, 15) is 4.79 Å². The van der Waals surface area contributed by atoms with Crippen molar-refractivity contribution in [1.82, 2.24) is 0 Å². The molecule has 1 aliphatic rings. The highest BCUT2D eigenvalue weighted by Crippen LogP contribution is 2.34. The van der Waals surface area contributed by atoms with E-state index in [1.165, 1.54) is 70.6 Å². The minimum atomic E-state index is -0.391. The number of hydrogen-bond donors (Lipinski definition) is 0. The first-order valence-corrected chi connectivity index (χ1v) is 14.5. The number of ether oxygens (including phenoxy) is 3. The van der Waals surface area contributed by atoms with Gasteiger partial charge in [0, 0.05) is 0 Å². The fourth-order valence-corrected chi connectivity index (χ4v) is 5.12. The smallest absolute Gasteiger partial charge is 0.343 e. The SMILES string of the molecule is C=CCCOc1ccc(C(=O)Oc2ccc(OCCC[C@H]3CC[C@H](CCCCCCC)CC3)cc2)cc1. The standard InChI is InChI=1S/C33H46O4/c1-3-5-7-8-9-11-27-13-15-28(16-14-27)12-10-26-36-31-21-23-32(24-22-31)37-33(34)29-17-19-30(20-18-29)35-25-6-4-2/h4,17-24,27-28H,2-3,5-16,25-26H2,1H3/t27-,28-. The molecule has 0 amide bonds. The molecule has 0 bridgehead atoms. The Kier molecular flexibility index (Phi) is 13.2. The normalized spacial score (nSPS) is 17.2. The molecule has 0 saturated heterocycles. The molecule has 0 N–H and O–H groups in total. The molecule has 3 rings (SSSR count). The number of hydrogen-bond acceptors (Lipinski definition) is 4. The molecule has 0 radical (unpaired) electrons. The van der Waals surface area contributed by atoms with Gasteiger partial charge in [-0.2, -0.15) is 0 Å². The second kappa shape index (κ2) is 16.9. The van der Waals surface area contributed by atoms with Gasteiger partial charge in [-0.05, 0) is 79.6 Å². The molecule has 0 aromatic heterocycles. The van der Waals surface area contributed by atoms with Crippen LogP contribution in [-0.4, -0.2) is 19.2 Å². The van der Waals surface area contributed by atoms with E-state index in [-0.39, 0.29) is 0 Å². The van der Waals surface area contributed by atoms with E-state index in [0.29, 0.717) is 17.9 Å². The average Bonchev–Trinajstić information content (AvgIpc) is 2.93. The Labute approximate surface area is 224 Å². The molecule has 4 nitrogen and oxygen atoms in total. The molecule has 2 aromatic rings. The lowest BCUT2D eigenvalue weighted by Gasteiger charge is -2.28. The lowest BCUT2D eigenvalue weighted by molar-refractivity contribution is 0.0734. The first kappa shape index (κ1) is 28.8. The van der Waals surface area contributed by atoms with Crippen LogP contribution in [0, 0.1) is 11.8 Å². The van der Waals surface area contributed by atoms with Gasteiger partial charge in [-0.1, -0.05) is 77.2 Å². The molecule has 0 heterocycles. The summed E-state index contributed by atoms with van der Waals surface area (Å²) in [5.41, 5.74) is 0.484. The van der Waals surface area contributed by atoms with Crippen LogP contribution in [0.5, 0.6) is 17.2 Å². The largest absolute Gasteiger partial charge is 0.494 e. The van der Waals surface area contributed by atoms with Crippen LogP contribution < -0.4 is 14.2 Å². The van der Waals surface area contributed by atoms with Gasteiger partial charge in [0.2, 0.25) is 0 Å². The summed E-state index contributed by atoms with van der Waals surface area (Å²) in [6.07, 6.45) is 19.0. The van der Waals surface area contributed by atoms with Gasteiger partial charge in [-0.25, -0.2) is 4.79 Å². The topological polar surface area (TPSA) is 44.8 Å². The van der Waals surface area contributed by atoms with Crippen molar-refractivity contribution < 1.29 is 19.0 Å². The van der Waals surface area contributed by atoms with Crippen molar-refractivity contribution in [3.8, 4) is 17.2 Å². The van der Waals surface area contributed by atoms with Crippen LogP contribution in [0.1, 0.15) is 101 Å². The van der Waals surface area contributed by atoms with Gasteiger partial charge in [0.05, 0.1) is 18.8 Å². The highest BCUT2D eigenvalue weighted by atomic mass is 16.5. The number of carbonyl (C=O) groups excluding carboxylic acids is 1. The Morgan fingerprint density at radius 2 is 1.30 bits per heavy atom. The summed E-state index contributed by atoms with van der Waals surface area (Å²) < 4.78 is 17.0. The molecule has 37 heavy (non-hydrogen) atoms. The molecular formula is C33H46O4. The third-order valence-electron chi connectivity index (χ3n) is 7.42. The zero-order valence-electron chi connectivity index (χ0n) is 22.8. The number of unbranched alkanes of at least 4 members (excludes halogenated alkanes) is 4. The van der Waals surface area contributed by atoms with Gasteiger partial charge in [0.1, 0.15) is 17.2 Å². The van der Waals surface area contributed by atoms with Crippen LogP contribution in [-0.2, 0) is 0 Å². The quantitative estimate of drug-likeness (QED) is 0.0928. The summed E-state index contributed by atoms with van der Waals surface area (Å²) >= 11 is 0. The summed E-state index contributed by atoms with van der Waals surface area (Å²) in [6, 6.07) is 14.3. The van der Waals surface area contributed by atoms with Gasteiger partial charge in [-0.15, -0.1) is 6.58 Å². The van der Waals surface area contributed by atoms with Gasteiger partial charge >= 0.3 is 5.97 Å². The molecular weight excluding hydrogens is 460 g/mol. The molecule has 202 valence electrons. The fourth-order valence-electron chi connectivity index (χ4n) is 5.12. The predicted molar refractivity (Wildman–Crippen MR) is 152 cm³/mol. The molecule has 1 aliphatic carbocycles. The van der Waals surface area contributed by atoms with Crippen molar-refractivity contribution >= 4 is 5.97 Å². The molecule has 0 spiro atoms. The van der Waals surface area contributed by atoms with Crippen molar-refractivity contribution in [2.24, 2.45) is 11.8 Å². The zero-order valence-corrected chi connectivity index (χ0v) is 22.8. The van der Waals surface area contributed by atoms with Crippen molar-refractivity contribution in [2.45, 2.75) is 90.4 Å². The third-order valence-corrected chi connectivity index (χ3v) is 7.42. The van der Waals surface area contributed by atoms with E-state index >= 15 is 0 Å². The second-order valence-electron chi connectivity index (χ2n) is 10.4. The molecule has 0 atom stereocenters. The number of esters is 1. The summed E-state index contributed by atoms with van der Waals surface area (Å²) in [6.45, 7) is 7.27. The van der Waals surface area contributed by atoms with E-state index in [0.717, 1.165) is 42.8 Å². The second-order valence-corrected chi connectivity index (χ2v) is 10.4. The van der Waals surface area contributed by atoms with E-state index in [1.807, 2.05) is 18.2 Å². The van der Waals surface area contributed by atoms with Crippen molar-refractivity contribution in [2.75, 3.05) is 13.2 Å². The fraction of sp³-hybridized carbons (Fsp3) is 0.545. The first-order valence-electron chi connectivity index (χ1n) is 14.5. The molecule has 0 aliphatic heterocycles. The highest BCUT2D eigenvalue weighted by Gasteiger charge is 2.20. The maximum atomic E-state index is 12.4. The van der Waals surface area contributed by atoms with Crippen LogP contribution in [0.2, 0.25) is 0 Å². The minimum Gasteiger partial charge on any atom is -0.494 e. The van der Waals surface area contributed by atoms with Gasteiger partial charge in [-0.3, -0.25) is 0 Å². The van der Waals surface area contributed by atoms with Gasteiger partial charge < -0.3 is 14.2 Å². The lowest BCUT2D eigenvalue weighted by atomic mass is 9.78. The van der Waals surface area contributed by atoms with Crippen LogP contribution in [0.4, 0.5) is 0 Å². The van der Waals surface area contributed by atoms with E-state index < -0.39 is 5.97 Å². The van der Waals surface area contributed by atoms with Gasteiger partial charge in [0.25, 0.3) is 0 Å². The van der Waals surface area contributed by atoms with Crippen molar-refractivity contribution in [3.05, 3.63) is 66.7 Å². The molecule has 1 fully saturated rings. The third kappa shape index (κ3) is 11.0. The summed E-state index contributed by atoms with van der Waals surface area (Å²) in [4.78, 5) is 12.4. The number of carbonyl (C=O) groups is 1. The van der Waals surface area contributed by atoms with Crippen molar-refractivity contribution in [3.63, 3.8) is 0 Å².